The van der Waals surface area contributed by atoms with Crippen LogP contribution < -0.4 is 4.90 Å². The van der Waals surface area contributed by atoms with E-state index in [0.717, 1.165) is 21.8 Å². The lowest BCUT2D eigenvalue weighted by Gasteiger charge is -2.18. The predicted octanol–water partition coefficient (Wildman–Crippen LogP) is 5.40. The molecule has 2 heterocycles. The molecular weight excluding hydrogens is 382 g/mol. The molecule has 0 fully saturated rings. The molecule has 1 aliphatic heterocycles. The van der Waals surface area contributed by atoms with Crippen molar-refractivity contribution in [3.63, 3.8) is 0 Å². The molecule has 1 aromatic heterocycles. The number of amidine groups is 1. The number of hydrogen-bond acceptors (Lipinski definition) is 5. The molecule has 146 valence electrons. The van der Waals surface area contributed by atoms with Gasteiger partial charge in [0.05, 0.1) is 17.8 Å². The Morgan fingerprint density at radius 3 is 2.38 bits per heavy atom. The number of anilines is 1. The second kappa shape index (κ2) is 7.29. The van der Waals surface area contributed by atoms with Gasteiger partial charge in [0, 0.05) is 21.7 Å². The maximum atomic E-state index is 11.5. The van der Waals surface area contributed by atoms with E-state index in [1.807, 2.05) is 26.0 Å². The normalized spacial score (nSPS) is 14.0. The summed E-state index contributed by atoms with van der Waals surface area (Å²) < 4.78 is 0. The second-order valence-corrected chi connectivity index (χ2v) is 8.35. The molecule has 0 bridgehead atoms. The van der Waals surface area contributed by atoms with Gasteiger partial charge in [-0.05, 0) is 45.0 Å². The number of benzene rings is 2. The average molecular weight is 404 g/mol. The molecule has 6 heteroatoms. The van der Waals surface area contributed by atoms with E-state index < -0.39 is 0 Å². The van der Waals surface area contributed by atoms with Gasteiger partial charge in [0.1, 0.15) is 16.6 Å². The minimum absolute atomic E-state index is 0.00314. The topological polar surface area (TPSA) is 77.3 Å². The lowest BCUT2D eigenvalue weighted by atomic mass is 10.1. The molecule has 5 nitrogen and oxygen atoms in total. The van der Waals surface area contributed by atoms with Crippen LogP contribution >= 0.6 is 11.3 Å². The fourth-order valence-corrected chi connectivity index (χ4v) is 4.39. The summed E-state index contributed by atoms with van der Waals surface area (Å²) in [5, 5.41) is 19.9. The Labute approximate surface area is 173 Å². The van der Waals surface area contributed by atoms with Crippen molar-refractivity contribution in [3.8, 4) is 11.3 Å². The third-order valence-electron chi connectivity index (χ3n) is 5.02. The lowest BCUT2D eigenvalue weighted by molar-refractivity contribution is 0.101. The highest BCUT2D eigenvalue weighted by atomic mass is 32.1. The number of aryl methyl sites for hydroxylation is 2. The molecule has 1 aliphatic rings. The number of Topliss-reactive ketones (excluding diaryl/α,β-unsaturated/α-hetero) is 1. The number of aromatic nitrogens is 1. The van der Waals surface area contributed by atoms with E-state index in [1.165, 1.54) is 23.8 Å². The smallest absolute Gasteiger partial charge is 0.159 e. The summed E-state index contributed by atoms with van der Waals surface area (Å²) >= 11 is 1.48. The molecule has 0 saturated carbocycles. The Balaban J connectivity index is 1.65. The van der Waals surface area contributed by atoms with Crippen molar-refractivity contribution in [1.29, 1.82) is 5.41 Å². The van der Waals surface area contributed by atoms with E-state index in [-0.39, 0.29) is 23.9 Å². The van der Waals surface area contributed by atoms with Gasteiger partial charge in [-0.15, -0.1) is 11.3 Å². The monoisotopic (exact) mass is 403 g/mol. The number of aliphatic hydroxyl groups is 1. The standard InChI is InChI=1S/C23H21N3O2S/c1-13-4-6-17(7-5-13)21-15(3)29-23(25-21)20-19(28)12-26(22(20)24)18-10-8-16(9-11-18)14(2)27/h4-11,24,28H,12H2,1-3H3. The first-order chi connectivity index (χ1) is 13.8. The van der Waals surface area contributed by atoms with Crippen LogP contribution in [0, 0.1) is 19.3 Å². The Morgan fingerprint density at radius 1 is 1.10 bits per heavy atom. The van der Waals surface area contributed by atoms with Crippen molar-refractivity contribution in [2.75, 3.05) is 11.4 Å². The fourth-order valence-electron chi connectivity index (χ4n) is 3.38. The van der Waals surface area contributed by atoms with Gasteiger partial charge in [0.25, 0.3) is 0 Å². The summed E-state index contributed by atoms with van der Waals surface area (Å²) in [6, 6.07) is 15.3. The Kier molecular flexibility index (Phi) is 4.80. The number of nitrogens with one attached hydrogen (secondary N) is 1. The molecule has 0 atom stereocenters. The van der Waals surface area contributed by atoms with Crippen molar-refractivity contribution >= 4 is 34.2 Å². The van der Waals surface area contributed by atoms with E-state index >= 15 is 0 Å². The van der Waals surface area contributed by atoms with Gasteiger partial charge in [-0.3, -0.25) is 10.2 Å². The van der Waals surface area contributed by atoms with Gasteiger partial charge >= 0.3 is 0 Å². The zero-order chi connectivity index (χ0) is 20.7. The first kappa shape index (κ1) is 19.1. The quantitative estimate of drug-likeness (QED) is 0.572. The third kappa shape index (κ3) is 3.47. The van der Waals surface area contributed by atoms with Crippen molar-refractivity contribution in [1.82, 2.24) is 4.98 Å². The minimum Gasteiger partial charge on any atom is -0.510 e. The highest BCUT2D eigenvalue weighted by Gasteiger charge is 2.31. The van der Waals surface area contributed by atoms with Crippen LogP contribution in [0.2, 0.25) is 0 Å². The van der Waals surface area contributed by atoms with Crippen LogP contribution in [0.5, 0.6) is 0 Å². The van der Waals surface area contributed by atoms with Gasteiger partial charge in [-0.1, -0.05) is 29.8 Å². The Morgan fingerprint density at radius 2 is 1.76 bits per heavy atom. The van der Waals surface area contributed by atoms with Crippen LogP contribution in [0.4, 0.5) is 5.69 Å². The van der Waals surface area contributed by atoms with Crippen molar-refractivity contribution in [3.05, 3.63) is 75.3 Å². The fraction of sp³-hybridized carbons (Fsp3) is 0.174. The second-order valence-electron chi connectivity index (χ2n) is 7.15. The molecule has 2 N–H and O–H groups in total. The molecule has 0 saturated heterocycles. The van der Waals surface area contributed by atoms with Crippen LogP contribution in [0.1, 0.15) is 32.7 Å². The first-order valence-electron chi connectivity index (χ1n) is 9.29. The Bertz CT molecular complexity index is 1140. The largest absolute Gasteiger partial charge is 0.510 e. The van der Waals surface area contributed by atoms with Crippen molar-refractivity contribution < 1.29 is 9.90 Å². The highest BCUT2D eigenvalue weighted by molar-refractivity contribution is 7.13. The van der Waals surface area contributed by atoms with E-state index in [2.05, 4.69) is 12.1 Å². The summed E-state index contributed by atoms with van der Waals surface area (Å²) in [7, 11) is 0. The van der Waals surface area contributed by atoms with E-state index in [4.69, 9.17) is 10.4 Å². The molecule has 0 spiro atoms. The Hall–Kier alpha value is -3.25. The number of nitrogens with zero attached hydrogens (tertiary/aromatic N) is 2. The van der Waals surface area contributed by atoms with Gasteiger partial charge in [-0.25, -0.2) is 4.98 Å². The number of thiazole rings is 1. The average Bonchev–Trinajstić information content (AvgIpc) is 3.21. The van der Waals surface area contributed by atoms with Gasteiger partial charge in [-0.2, -0.15) is 0 Å². The molecule has 4 rings (SSSR count). The molecule has 0 aliphatic carbocycles. The summed E-state index contributed by atoms with van der Waals surface area (Å²) in [5.74, 6) is 0.341. The van der Waals surface area contributed by atoms with Crippen LogP contribution in [0.25, 0.3) is 16.8 Å². The summed E-state index contributed by atoms with van der Waals surface area (Å²) in [4.78, 5) is 19.0. The van der Waals surface area contributed by atoms with Crippen LogP contribution in [-0.4, -0.2) is 28.3 Å². The summed E-state index contributed by atoms with van der Waals surface area (Å²) in [5.41, 5.74) is 4.93. The van der Waals surface area contributed by atoms with Gasteiger partial charge in [0.15, 0.2) is 5.78 Å². The maximum Gasteiger partial charge on any atom is 0.159 e. The third-order valence-corrected chi connectivity index (χ3v) is 6.01. The van der Waals surface area contributed by atoms with E-state index in [1.54, 1.807) is 29.2 Å². The maximum absolute atomic E-state index is 11.5. The van der Waals surface area contributed by atoms with Crippen molar-refractivity contribution in [2.45, 2.75) is 20.8 Å². The summed E-state index contributed by atoms with van der Waals surface area (Å²) in [6.07, 6.45) is 0. The van der Waals surface area contributed by atoms with Crippen molar-refractivity contribution in [2.24, 2.45) is 0 Å². The number of aliphatic hydroxyl groups excluding tert-OH is 1. The van der Waals surface area contributed by atoms with Gasteiger partial charge < -0.3 is 10.0 Å². The predicted molar refractivity (Wildman–Crippen MR) is 118 cm³/mol. The number of carbonyl (C=O) groups is 1. The van der Waals surface area contributed by atoms with Crippen LogP contribution in [0.3, 0.4) is 0 Å². The zero-order valence-corrected chi connectivity index (χ0v) is 17.3. The van der Waals surface area contributed by atoms with Crippen LogP contribution in [-0.2, 0) is 0 Å². The highest BCUT2D eigenvalue weighted by Crippen LogP contribution is 2.36. The number of carbonyl (C=O) groups excluding carboxylic acids is 1. The molecular formula is C23H21N3O2S. The number of hydrogen-bond donors (Lipinski definition) is 2. The molecule has 0 amide bonds. The van der Waals surface area contributed by atoms with E-state index in [9.17, 15) is 9.90 Å². The van der Waals surface area contributed by atoms with E-state index in [0.29, 0.717) is 16.1 Å². The summed E-state index contributed by atoms with van der Waals surface area (Å²) in [6.45, 7) is 5.79. The number of rotatable bonds is 4. The number of ketones is 1. The molecule has 0 unspecified atom stereocenters. The molecule has 29 heavy (non-hydrogen) atoms. The molecule has 2 aromatic carbocycles. The first-order valence-corrected chi connectivity index (χ1v) is 10.1. The van der Waals surface area contributed by atoms with Gasteiger partial charge in [0.2, 0.25) is 0 Å². The SMILES string of the molecule is CC(=O)c1ccc(N2CC(O)=C(c3nc(-c4ccc(C)cc4)c(C)s3)C2=N)cc1. The van der Waals surface area contributed by atoms with Crippen LogP contribution in [0.15, 0.2) is 54.3 Å². The zero-order valence-electron chi connectivity index (χ0n) is 16.5. The minimum atomic E-state index is -0.00314. The molecule has 0 radical (unpaired) electrons. The molecule has 3 aromatic rings. The lowest BCUT2D eigenvalue weighted by Crippen LogP contribution is -2.26.